The number of nitrogens with one attached hydrogen (secondary N) is 1. The molecule has 0 aliphatic carbocycles. The van der Waals surface area contributed by atoms with E-state index in [2.05, 4.69) is 10.2 Å². The first-order chi connectivity index (χ1) is 13.9. The van der Waals surface area contributed by atoms with Crippen LogP contribution in [0.1, 0.15) is 29.3 Å². The van der Waals surface area contributed by atoms with Crippen molar-refractivity contribution in [1.82, 2.24) is 9.78 Å². The Hall–Kier alpha value is -3.67. The van der Waals surface area contributed by atoms with E-state index in [0.717, 1.165) is 16.8 Å². The highest BCUT2D eigenvalue weighted by atomic mass is 16.2. The zero-order valence-electron chi connectivity index (χ0n) is 16.9. The Bertz CT molecular complexity index is 1230. The summed E-state index contributed by atoms with van der Waals surface area (Å²) < 4.78 is 1.53. The minimum atomic E-state index is -0.244. The standard InChI is InChI=1S/C23H22N4O2/c1-14-10-11-21(15(2)12-14)27-23(29)20(17(4)25-27)13-19-16(3)24-26(22(19)28)18-8-6-5-7-9-18/h5-13,25H,1-4H3/b19-13-. The van der Waals surface area contributed by atoms with Crippen molar-refractivity contribution >= 4 is 23.4 Å². The molecule has 2 aromatic carbocycles. The highest BCUT2D eigenvalue weighted by Gasteiger charge is 2.29. The fourth-order valence-electron chi connectivity index (χ4n) is 3.53. The van der Waals surface area contributed by atoms with Gasteiger partial charge in [0.2, 0.25) is 0 Å². The minimum Gasteiger partial charge on any atom is -0.295 e. The zero-order valence-corrected chi connectivity index (χ0v) is 16.9. The Morgan fingerprint density at radius 2 is 1.69 bits per heavy atom. The molecule has 1 amide bonds. The maximum Gasteiger partial charge on any atom is 0.280 e. The fourth-order valence-corrected chi connectivity index (χ4v) is 3.53. The van der Waals surface area contributed by atoms with E-state index in [1.165, 1.54) is 9.69 Å². The molecule has 1 aliphatic heterocycles. The molecule has 29 heavy (non-hydrogen) atoms. The third-order valence-corrected chi connectivity index (χ3v) is 5.06. The first-order valence-corrected chi connectivity index (χ1v) is 9.43. The van der Waals surface area contributed by atoms with Crippen LogP contribution in [-0.2, 0) is 4.79 Å². The summed E-state index contributed by atoms with van der Waals surface area (Å²) in [4.78, 5) is 26.0. The normalized spacial score (nSPS) is 15.3. The van der Waals surface area contributed by atoms with Crippen LogP contribution < -0.4 is 10.6 Å². The zero-order chi connectivity index (χ0) is 20.7. The van der Waals surface area contributed by atoms with E-state index in [4.69, 9.17) is 0 Å². The molecule has 2 heterocycles. The van der Waals surface area contributed by atoms with Crippen LogP contribution in [0.3, 0.4) is 0 Å². The number of benzene rings is 2. The van der Waals surface area contributed by atoms with Gasteiger partial charge in [-0.15, -0.1) is 0 Å². The van der Waals surface area contributed by atoms with E-state index in [0.29, 0.717) is 28.2 Å². The number of para-hydroxylation sites is 1. The number of aromatic amines is 1. The first kappa shape index (κ1) is 18.7. The van der Waals surface area contributed by atoms with Crippen LogP contribution in [0.2, 0.25) is 0 Å². The van der Waals surface area contributed by atoms with Gasteiger partial charge in [-0.05, 0) is 57.5 Å². The van der Waals surface area contributed by atoms with Gasteiger partial charge < -0.3 is 0 Å². The second-order valence-electron chi connectivity index (χ2n) is 7.28. The second-order valence-corrected chi connectivity index (χ2v) is 7.28. The van der Waals surface area contributed by atoms with E-state index in [9.17, 15) is 9.59 Å². The topological polar surface area (TPSA) is 70.5 Å². The summed E-state index contributed by atoms with van der Waals surface area (Å²) in [6.07, 6.45) is 1.64. The largest absolute Gasteiger partial charge is 0.295 e. The molecule has 4 rings (SSSR count). The number of H-pyrrole nitrogens is 1. The molecule has 0 bridgehead atoms. The molecule has 1 aliphatic rings. The summed E-state index contributed by atoms with van der Waals surface area (Å²) in [7, 11) is 0. The Morgan fingerprint density at radius 3 is 2.38 bits per heavy atom. The van der Waals surface area contributed by atoms with Crippen molar-refractivity contribution in [2.75, 3.05) is 5.01 Å². The van der Waals surface area contributed by atoms with E-state index in [-0.39, 0.29) is 11.5 Å². The van der Waals surface area contributed by atoms with Gasteiger partial charge in [-0.25, -0.2) is 4.68 Å². The van der Waals surface area contributed by atoms with Crippen molar-refractivity contribution in [2.45, 2.75) is 27.7 Å². The number of carbonyl (C=O) groups excluding carboxylic acids is 1. The summed E-state index contributed by atoms with van der Waals surface area (Å²) in [6.45, 7) is 7.59. The van der Waals surface area contributed by atoms with Crippen molar-refractivity contribution in [3.05, 3.63) is 86.8 Å². The Labute approximate surface area is 168 Å². The van der Waals surface area contributed by atoms with E-state index < -0.39 is 0 Å². The summed E-state index contributed by atoms with van der Waals surface area (Å²) in [5.41, 5.74) is 5.57. The lowest BCUT2D eigenvalue weighted by molar-refractivity contribution is -0.114. The van der Waals surface area contributed by atoms with Gasteiger partial charge in [0.25, 0.3) is 11.5 Å². The number of amides is 1. The molecule has 0 unspecified atom stereocenters. The molecule has 0 saturated carbocycles. The average molecular weight is 386 g/mol. The lowest BCUT2D eigenvalue weighted by Gasteiger charge is -2.10. The molecule has 1 aromatic heterocycles. The van der Waals surface area contributed by atoms with Crippen molar-refractivity contribution in [1.29, 1.82) is 0 Å². The highest BCUT2D eigenvalue weighted by molar-refractivity contribution is 6.32. The number of anilines is 1. The lowest BCUT2D eigenvalue weighted by atomic mass is 10.1. The molecule has 0 saturated heterocycles. The summed E-state index contributed by atoms with van der Waals surface area (Å²) in [6, 6.07) is 15.2. The molecule has 6 nitrogen and oxygen atoms in total. The summed E-state index contributed by atoms with van der Waals surface area (Å²) in [5, 5.41) is 8.88. The summed E-state index contributed by atoms with van der Waals surface area (Å²) in [5.74, 6) is -0.244. The van der Waals surface area contributed by atoms with Gasteiger partial charge in [-0.3, -0.25) is 14.7 Å². The van der Waals surface area contributed by atoms with Crippen LogP contribution in [-0.4, -0.2) is 21.4 Å². The van der Waals surface area contributed by atoms with Crippen molar-refractivity contribution in [3.63, 3.8) is 0 Å². The van der Waals surface area contributed by atoms with Gasteiger partial charge in [0.15, 0.2) is 0 Å². The van der Waals surface area contributed by atoms with Gasteiger partial charge in [-0.1, -0.05) is 35.9 Å². The maximum absolute atomic E-state index is 13.1. The maximum atomic E-state index is 13.1. The number of hydrogen-bond acceptors (Lipinski definition) is 3. The van der Waals surface area contributed by atoms with Crippen LogP contribution in [0.25, 0.3) is 11.8 Å². The van der Waals surface area contributed by atoms with Gasteiger partial charge >= 0.3 is 0 Å². The SMILES string of the molecule is CC1=NN(c2ccccc2)C(=O)/C1=C\c1c(C)[nH]n(-c2ccc(C)cc2C)c1=O. The van der Waals surface area contributed by atoms with Crippen molar-refractivity contribution in [2.24, 2.45) is 5.10 Å². The third kappa shape index (κ3) is 3.23. The monoisotopic (exact) mass is 386 g/mol. The number of hydrazone groups is 1. The number of aromatic nitrogens is 2. The van der Waals surface area contributed by atoms with Gasteiger partial charge in [0.1, 0.15) is 0 Å². The average Bonchev–Trinajstić information content (AvgIpc) is 3.13. The van der Waals surface area contributed by atoms with Crippen LogP contribution in [0.4, 0.5) is 5.69 Å². The Kier molecular flexibility index (Phi) is 4.54. The molecule has 0 fully saturated rings. The fraction of sp³-hybridized carbons (Fsp3) is 0.174. The molecule has 3 aromatic rings. The van der Waals surface area contributed by atoms with Crippen LogP contribution >= 0.6 is 0 Å². The van der Waals surface area contributed by atoms with Crippen LogP contribution in [0, 0.1) is 20.8 Å². The predicted molar refractivity (Wildman–Crippen MR) is 116 cm³/mol. The van der Waals surface area contributed by atoms with E-state index in [1.807, 2.05) is 69.3 Å². The molecule has 1 N–H and O–H groups in total. The number of aryl methyl sites for hydroxylation is 3. The van der Waals surface area contributed by atoms with Gasteiger partial charge in [0.05, 0.1) is 28.2 Å². The minimum absolute atomic E-state index is 0.194. The molecule has 0 atom stereocenters. The van der Waals surface area contributed by atoms with E-state index >= 15 is 0 Å². The smallest absolute Gasteiger partial charge is 0.280 e. The van der Waals surface area contributed by atoms with Gasteiger partial charge in [0, 0.05) is 5.69 Å². The Balaban J connectivity index is 1.76. The molecule has 0 spiro atoms. The van der Waals surface area contributed by atoms with Crippen molar-refractivity contribution < 1.29 is 4.79 Å². The van der Waals surface area contributed by atoms with Crippen LogP contribution in [0.15, 0.2) is 64.0 Å². The predicted octanol–water partition coefficient (Wildman–Crippen LogP) is 3.90. The number of nitrogens with zero attached hydrogens (tertiary/aromatic N) is 3. The number of hydrogen-bond donors (Lipinski definition) is 1. The molecular formula is C23H22N4O2. The third-order valence-electron chi connectivity index (χ3n) is 5.06. The summed E-state index contributed by atoms with van der Waals surface area (Å²) >= 11 is 0. The van der Waals surface area contributed by atoms with Crippen LogP contribution in [0.5, 0.6) is 0 Å². The lowest BCUT2D eigenvalue weighted by Crippen LogP contribution is -2.22. The molecule has 146 valence electrons. The first-order valence-electron chi connectivity index (χ1n) is 9.43. The number of rotatable bonds is 3. The molecule has 0 radical (unpaired) electrons. The van der Waals surface area contributed by atoms with Gasteiger partial charge in [-0.2, -0.15) is 10.1 Å². The highest BCUT2D eigenvalue weighted by Crippen LogP contribution is 2.25. The van der Waals surface area contributed by atoms with Crippen molar-refractivity contribution in [3.8, 4) is 5.69 Å². The molecule has 6 heteroatoms. The number of carbonyl (C=O) groups is 1. The van der Waals surface area contributed by atoms with E-state index in [1.54, 1.807) is 13.0 Å². The second kappa shape index (κ2) is 7.05. The quantitative estimate of drug-likeness (QED) is 0.694. The molecular weight excluding hydrogens is 364 g/mol. The Morgan fingerprint density at radius 1 is 0.966 bits per heavy atom.